The van der Waals surface area contributed by atoms with Crippen LogP contribution in [0.5, 0.6) is 0 Å². The molecule has 2 aliphatic rings. The predicted molar refractivity (Wildman–Crippen MR) is 90.0 cm³/mol. The van der Waals surface area contributed by atoms with Gasteiger partial charge in [0.15, 0.2) is 0 Å². The Morgan fingerprint density at radius 2 is 2.04 bits per heavy atom. The van der Waals surface area contributed by atoms with E-state index in [-0.39, 0.29) is 47.8 Å². The Hall–Kier alpha value is -1.36. The minimum Gasteiger partial charge on any atom is -0.462 e. The van der Waals surface area contributed by atoms with Crippen LogP contribution in [0.3, 0.4) is 0 Å². The summed E-state index contributed by atoms with van der Waals surface area (Å²) in [6, 6.07) is 0. The number of hydrogen-bond acceptors (Lipinski definition) is 5. The van der Waals surface area contributed by atoms with Crippen molar-refractivity contribution >= 4 is 11.9 Å². The van der Waals surface area contributed by atoms with Gasteiger partial charge < -0.3 is 14.6 Å². The summed E-state index contributed by atoms with van der Waals surface area (Å²) < 4.78 is 11.4. The first-order chi connectivity index (χ1) is 11.2. The molecule has 1 fully saturated rings. The van der Waals surface area contributed by atoms with Crippen LogP contribution < -0.4 is 0 Å². The lowest BCUT2D eigenvalue weighted by Gasteiger charge is -2.32. The third-order valence-corrected chi connectivity index (χ3v) is 5.31. The second kappa shape index (κ2) is 7.68. The summed E-state index contributed by atoms with van der Waals surface area (Å²) in [6.45, 7) is 9.40. The Labute approximate surface area is 144 Å². The van der Waals surface area contributed by atoms with Crippen molar-refractivity contribution in [3.8, 4) is 0 Å². The highest BCUT2D eigenvalue weighted by molar-refractivity contribution is 5.75. The van der Waals surface area contributed by atoms with E-state index in [0.29, 0.717) is 19.3 Å². The maximum atomic E-state index is 12.2. The number of rotatable bonds is 2. The van der Waals surface area contributed by atoms with Crippen LogP contribution >= 0.6 is 0 Å². The molecule has 136 valence electrons. The van der Waals surface area contributed by atoms with Gasteiger partial charge in [0.25, 0.3) is 0 Å². The molecular weight excluding hydrogens is 308 g/mol. The number of carbonyl (C=O) groups excluding carboxylic acids is 2. The van der Waals surface area contributed by atoms with E-state index in [1.54, 1.807) is 13.8 Å². The first-order valence-corrected chi connectivity index (χ1v) is 8.95. The van der Waals surface area contributed by atoms with E-state index in [1.165, 1.54) is 0 Å². The number of aliphatic hydroxyl groups is 1. The topological polar surface area (TPSA) is 72.8 Å². The molecule has 1 aliphatic carbocycles. The average molecular weight is 338 g/mol. The third kappa shape index (κ3) is 4.18. The fourth-order valence-corrected chi connectivity index (χ4v) is 3.60. The zero-order chi connectivity index (χ0) is 18.0. The van der Waals surface area contributed by atoms with Gasteiger partial charge in [0.05, 0.1) is 17.9 Å². The highest BCUT2D eigenvalue weighted by atomic mass is 16.6. The Kier molecular flexibility index (Phi) is 6.07. The van der Waals surface area contributed by atoms with Crippen molar-refractivity contribution < 1.29 is 24.2 Å². The van der Waals surface area contributed by atoms with E-state index < -0.39 is 6.10 Å². The van der Waals surface area contributed by atoms with Gasteiger partial charge in [-0.15, -0.1) is 0 Å². The molecule has 0 radical (unpaired) electrons. The third-order valence-electron chi connectivity index (χ3n) is 5.31. The van der Waals surface area contributed by atoms with Crippen molar-refractivity contribution in [2.75, 3.05) is 0 Å². The number of hydrogen-bond donors (Lipinski definition) is 1. The van der Waals surface area contributed by atoms with Crippen molar-refractivity contribution in [3.05, 3.63) is 11.6 Å². The molecule has 0 saturated carbocycles. The predicted octanol–water partition coefficient (Wildman–Crippen LogP) is 2.86. The van der Waals surface area contributed by atoms with Gasteiger partial charge in [0.2, 0.25) is 0 Å². The van der Waals surface area contributed by atoms with Crippen molar-refractivity contribution in [1.82, 2.24) is 0 Å². The minimum atomic E-state index is -0.454. The molecule has 0 aromatic carbocycles. The largest absolute Gasteiger partial charge is 0.462 e. The average Bonchev–Trinajstić information content (AvgIpc) is 2.77. The van der Waals surface area contributed by atoms with Gasteiger partial charge in [-0.2, -0.15) is 0 Å². The quantitative estimate of drug-likeness (QED) is 0.619. The molecule has 24 heavy (non-hydrogen) atoms. The van der Waals surface area contributed by atoms with Gasteiger partial charge in [0.1, 0.15) is 12.2 Å². The number of carbonyl (C=O) groups is 2. The number of esters is 2. The van der Waals surface area contributed by atoms with E-state index in [1.807, 2.05) is 26.8 Å². The molecule has 6 atom stereocenters. The van der Waals surface area contributed by atoms with Gasteiger partial charge in [-0.05, 0) is 25.7 Å². The van der Waals surface area contributed by atoms with Gasteiger partial charge in [-0.1, -0.05) is 39.3 Å². The molecule has 1 saturated heterocycles. The molecule has 5 nitrogen and oxygen atoms in total. The Bertz CT molecular complexity index is 510. The summed E-state index contributed by atoms with van der Waals surface area (Å²) in [5.74, 6) is -1.16. The van der Waals surface area contributed by atoms with Crippen molar-refractivity contribution in [3.63, 3.8) is 0 Å². The van der Waals surface area contributed by atoms with Crippen molar-refractivity contribution in [1.29, 1.82) is 0 Å². The Morgan fingerprint density at radius 3 is 2.67 bits per heavy atom. The summed E-state index contributed by atoms with van der Waals surface area (Å²) in [4.78, 5) is 24.3. The molecular formula is C19H30O5. The molecule has 2 unspecified atom stereocenters. The molecule has 0 spiro atoms. The highest BCUT2D eigenvalue weighted by Crippen LogP contribution is 2.39. The molecule has 1 N–H and O–H groups in total. The SMILES string of the molecule is C/C1=C/CC(O)[C@H](C)C[C@H]2OC(=O)[C@@H](C)[C@@H]2C(OC(=O)C(C)C)C1. The lowest BCUT2D eigenvalue weighted by molar-refractivity contribution is -0.157. The molecule has 0 bridgehead atoms. The van der Waals surface area contributed by atoms with Crippen LogP contribution in [0, 0.1) is 23.7 Å². The van der Waals surface area contributed by atoms with Gasteiger partial charge in [-0.3, -0.25) is 9.59 Å². The van der Waals surface area contributed by atoms with E-state index in [4.69, 9.17) is 9.47 Å². The fraction of sp³-hybridized carbons (Fsp3) is 0.789. The summed E-state index contributed by atoms with van der Waals surface area (Å²) >= 11 is 0. The smallest absolute Gasteiger partial charge is 0.309 e. The van der Waals surface area contributed by atoms with E-state index in [2.05, 4.69) is 0 Å². The monoisotopic (exact) mass is 338 g/mol. The van der Waals surface area contributed by atoms with Crippen LogP contribution in [0.1, 0.15) is 53.9 Å². The maximum absolute atomic E-state index is 12.2. The van der Waals surface area contributed by atoms with Crippen molar-refractivity contribution in [2.24, 2.45) is 23.7 Å². The van der Waals surface area contributed by atoms with Crippen LogP contribution in [0.2, 0.25) is 0 Å². The van der Waals surface area contributed by atoms with Crippen LogP contribution in [0.15, 0.2) is 11.6 Å². The Morgan fingerprint density at radius 1 is 1.38 bits per heavy atom. The first-order valence-electron chi connectivity index (χ1n) is 8.95. The first kappa shape index (κ1) is 19.0. The lowest BCUT2D eigenvalue weighted by Crippen LogP contribution is -2.39. The highest BCUT2D eigenvalue weighted by Gasteiger charge is 2.48. The summed E-state index contributed by atoms with van der Waals surface area (Å²) in [5, 5.41) is 10.3. The fourth-order valence-electron chi connectivity index (χ4n) is 3.60. The van der Waals surface area contributed by atoms with Crippen LogP contribution in [-0.2, 0) is 19.1 Å². The number of ether oxygens (including phenoxy) is 2. The molecule has 0 amide bonds. The summed E-state index contributed by atoms with van der Waals surface area (Å²) in [5.41, 5.74) is 1.06. The summed E-state index contributed by atoms with van der Waals surface area (Å²) in [6.07, 6.45) is 2.60. The summed E-state index contributed by atoms with van der Waals surface area (Å²) in [7, 11) is 0. The van der Waals surface area contributed by atoms with E-state index in [0.717, 1.165) is 5.57 Å². The standard InChI is InChI=1S/C19H30O5/c1-10(2)18(21)23-15-8-11(3)6-7-14(20)12(4)9-16-17(15)13(5)19(22)24-16/h6,10,12-17,20H,7-9H2,1-5H3/b11-6-/t12-,13+,14?,15?,16-,17-/m1/s1. The number of aliphatic hydroxyl groups excluding tert-OH is 1. The van der Waals surface area contributed by atoms with E-state index >= 15 is 0 Å². The van der Waals surface area contributed by atoms with Crippen molar-refractivity contribution in [2.45, 2.75) is 72.2 Å². The van der Waals surface area contributed by atoms with Gasteiger partial charge in [-0.25, -0.2) is 0 Å². The maximum Gasteiger partial charge on any atom is 0.309 e. The Balaban J connectivity index is 2.33. The van der Waals surface area contributed by atoms with Gasteiger partial charge in [0, 0.05) is 12.3 Å². The minimum absolute atomic E-state index is 0.0131. The molecule has 1 heterocycles. The zero-order valence-corrected chi connectivity index (χ0v) is 15.3. The lowest BCUT2D eigenvalue weighted by atomic mass is 9.79. The molecule has 1 aliphatic heterocycles. The zero-order valence-electron chi connectivity index (χ0n) is 15.3. The second-order valence-corrected chi connectivity index (χ2v) is 7.74. The molecule has 2 rings (SSSR count). The normalized spacial score (nSPS) is 39.6. The van der Waals surface area contributed by atoms with Crippen LogP contribution in [0.25, 0.3) is 0 Å². The second-order valence-electron chi connectivity index (χ2n) is 7.74. The van der Waals surface area contributed by atoms with Crippen LogP contribution in [-0.4, -0.2) is 35.4 Å². The van der Waals surface area contributed by atoms with E-state index in [9.17, 15) is 14.7 Å². The number of fused-ring (bicyclic) bond motifs is 1. The van der Waals surface area contributed by atoms with Gasteiger partial charge >= 0.3 is 11.9 Å². The molecule has 0 aromatic rings. The molecule has 0 aromatic heterocycles. The molecule has 5 heteroatoms. The van der Waals surface area contributed by atoms with Crippen LogP contribution in [0.4, 0.5) is 0 Å².